The van der Waals surface area contributed by atoms with Gasteiger partial charge in [-0.1, -0.05) is 41.7 Å². The lowest BCUT2D eigenvalue weighted by Crippen LogP contribution is -2.16. The van der Waals surface area contributed by atoms with Gasteiger partial charge in [-0.15, -0.1) is 0 Å². The number of rotatable bonds is 6. The summed E-state index contributed by atoms with van der Waals surface area (Å²) in [6.45, 7) is 2.62. The summed E-state index contributed by atoms with van der Waals surface area (Å²) >= 11 is 1.39. The Balaban J connectivity index is 1.82. The van der Waals surface area contributed by atoms with Gasteiger partial charge in [0.1, 0.15) is 33.2 Å². The number of amides is 1. The van der Waals surface area contributed by atoms with Crippen molar-refractivity contribution < 1.29 is 19.0 Å². The zero-order chi connectivity index (χ0) is 21.8. The van der Waals surface area contributed by atoms with Gasteiger partial charge in [0.15, 0.2) is 4.80 Å². The van der Waals surface area contributed by atoms with Crippen molar-refractivity contribution in [1.29, 1.82) is 0 Å². The molecule has 7 heteroatoms. The van der Waals surface area contributed by atoms with Gasteiger partial charge in [-0.05, 0) is 43.3 Å². The maximum atomic E-state index is 13.2. The average molecular weight is 435 g/mol. The number of methoxy groups -OCH3 is 2. The van der Waals surface area contributed by atoms with Crippen molar-refractivity contribution >= 4 is 27.5 Å². The number of benzene rings is 3. The van der Waals surface area contributed by atoms with Crippen molar-refractivity contribution in [3.8, 4) is 23.0 Å². The Morgan fingerprint density at radius 1 is 0.903 bits per heavy atom. The Morgan fingerprint density at radius 3 is 2.29 bits per heavy atom. The summed E-state index contributed by atoms with van der Waals surface area (Å²) in [6, 6.07) is 20.2. The van der Waals surface area contributed by atoms with Gasteiger partial charge in [0.2, 0.25) is 0 Å². The van der Waals surface area contributed by atoms with E-state index in [0.29, 0.717) is 39.9 Å². The summed E-state index contributed by atoms with van der Waals surface area (Å²) in [7, 11) is 3.24. The Kier molecular flexibility index (Phi) is 6.04. The summed E-state index contributed by atoms with van der Waals surface area (Å²) in [5, 5.41) is 0. The predicted octanol–water partition coefficient (Wildman–Crippen LogP) is 5.27. The van der Waals surface area contributed by atoms with Crippen molar-refractivity contribution in [1.82, 2.24) is 4.57 Å². The van der Waals surface area contributed by atoms with E-state index in [0.717, 1.165) is 10.2 Å². The fourth-order valence-corrected chi connectivity index (χ4v) is 4.53. The molecule has 0 bridgehead atoms. The highest BCUT2D eigenvalue weighted by atomic mass is 32.1. The molecule has 158 valence electrons. The first-order valence-corrected chi connectivity index (χ1v) is 10.6. The minimum atomic E-state index is -0.377. The van der Waals surface area contributed by atoms with E-state index in [-0.39, 0.29) is 5.91 Å². The highest BCUT2D eigenvalue weighted by Gasteiger charge is 2.17. The molecule has 0 aliphatic rings. The van der Waals surface area contributed by atoms with Gasteiger partial charge < -0.3 is 18.8 Å². The third kappa shape index (κ3) is 4.04. The molecule has 1 heterocycles. The van der Waals surface area contributed by atoms with E-state index in [9.17, 15) is 4.79 Å². The molecule has 0 N–H and O–H groups in total. The van der Waals surface area contributed by atoms with Crippen LogP contribution in [0.5, 0.6) is 23.0 Å². The standard InChI is InChI=1S/C24H22N2O4S/c1-4-26-21-19(28-2)14-15-20(29-3)22(21)31-24(26)25-23(27)17-12-8-9-13-18(17)30-16-10-6-5-7-11-16/h5-15H,4H2,1-3H3. The van der Waals surface area contributed by atoms with Crippen molar-refractivity contribution in [3.05, 3.63) is 77.1 Å². The minimum absolute atomic E-state index is 0.377. The van der Waals surface area contributed by atoms with Gasteiger partial charge in [-0.2, -0.15) is 4.99 Å². The molecule has 0 saturated carbocycles. The van der Waals surface area contributed by atoms with Gasteiger partial charge in [-0.25, -0.2) is 0 Å². The summed E-state index contributed by atoms with van der Waals surface area (Å²) in [5.41, 5.74) is 1.25. The first kappa shape index (κ1) is 20.7. The molecular weight excluding hydrogens is 412 g/mol. The van der Waals surface area contributed by atoms with Crippen LogP contribution < -0.4 is 19.0 Å². The van der Waals surface area contributed by atoms with Gasteiger partial charge in [0.25, 0.3) is 5.91 Å². The third-order valence-corrected chi connectivity index (χ3v) is 5.89. The first-order chi connectivity index (χ1) is 15.2. The summed E-state index contributed by atoms with van der Waals surface area (Å²) in [4.78, 5) is 18.2. The highest BCUT2D eigenvalue weighted by Crippen LogP contribution is 2.35. The fraction of sp³-hybridized carbons (Fsp3) is 0.167. The fourth-order valence-electron chi connectivity index (χ4n) is 3.33. The Bertz CT molecular complexity index is 1290. The number of aromatic nitrogens is 1. The molecule has 1 aromatic heterocycles. The van der Waals surface area contributed by atoms with Crippen molar-refractivity contribution in [2.45, 2.75) is 13.5 Å². The lowest BCUT2D eigenvalue weighted by atomic mass is 10.2. The number of para-hydroxylation sites is 2. The molecule has 0 spiro atoms. The SMILES string of the molecule is CCn1c(=NC(=O)c2ccccc2Oc2ccccc2)sc2c(OC)ccc(OC)c21. The Labute approximate surface area is 184 Å². The molecule has 0 aliphatic carbocycles. The van der Waals surface area contributed by atoms with Gasteiger partial charge in [0.05, 0.1) is 19.8 Å². The minimum Gasteiger partial charge on any atom is -0.495 e. The van der Waals surface area contributed by atoms with Crippen LogP contribution >= 0.6 is 11.3 Å². The van der Waals surface area contributed by atoms with E-state index < -0.39 is 0 Å². The monoisotopic (exact) mass is 434 g/mol. The number of carbonyl (C=O) groups excluding carboxylic acids is 1. The Hall–Kier alpha value is -3.58. The van der Waals surface area contributed by atoms with E-state index in [1.54, 1.807) is 32.4 Å². The van der Waals surface area contributed by atoms with E-state index >= 15 is 0 Å². The summed E-state index contributed by atoms with van der Waals surface area (Å²) < 4.78 is 19.8. The number of thiazole rings is 1. The van der Waals surface area contributed by atoms with Crippen LogP contribution in [0.15, 0.2) is 71.7 Å². The molecule has 31 heavy (non-hydrogen) atoms. The van der Waals surface area contributed by atoms with Crippen LogP contribution in [0.4, 0.5) is 0 Å². The van der Waals surface area contributed by atoms with Crippen molar-refractivity contribution in [2.24, 2.45) is 4.99 Å². The molecule has 3 aromatic carbocycles. The molecule has 6 nitrogen and oxygen atoms in total. The van der Waals surface area contributed by atoms with Crippen LogP contribution in [-0.2, 0) is 6.54 Å². The smallest absolute Gasteiger partial charge is 0.283 e. The Morgan fingerprint density at radius 2 is 1.58 bits per heavy atom. The molecule has 0 radical (unpaired) electrons. The van der Waals surface area contributed by atoms with Crippen LogP contribution in [0.25, 0.3) is 10.2 Å². The average Bonchev–Trinajstić information content (AvgIpc) is 3.17. The molecule has 0 fully saturated rings. The maximum Gasteiger partial charge on any atom is 0.283 e. The molecular formula is C24H22N2O4S. The largest absolute Gasteiger partial charge is 0.495 e. The van der Waals surface area contributed by atoms with Gasteiger partial charge >= 0.3 is 0 Å². The molecule has 0 atom stereocenters. The number of ether oxygens (including phenoxy) is 3. The number of nitrogens with zero attached hydrogens (tertiary/aromatic N) is 2. The first-order valence-electron chi connectivity index (χ1n) is 9.81. The lowest BCUT2D eigenvalue weighted by molar-refractivity contribution is 0.0995. The van der Waals surface area contributed by atoms with E-state index in [1.165, 1.54) is 11.3 Å². The topological polar surface area (TPSA) is 62.1 Å². The van der Waals surface area contributed by atoms with Crippen LogP contribution in [0.3, 0.4) is 0 Å². The second kappa shape index (κ2) is 9.06. The van der Waals surface area contributed by atoms with Crippen LogP contribution in [0.2, 0.25) is 0 Å². The molecule has 4 aromatic rings. The van der Waals surface area contributed by atoms with E-state index in [4.69, 9.17) is 14.2 Å². The zero-order valence-electron chi connectivity index (χ0n) is 17.5. The lowest BCUT2D eigenvalue weighted by Gasteiger charge is -2.09. The highest BCUT2D eigenvalue weighted by molar-refractivity contribution is 7.16. The number of aryl methyl sites for hydroxylation is 1. The van der Waals surface area contributed by atoms with Crippen LogP contribution in [0.1, 0.15) is 17.3 Å². The quantitative estimate of drug-likeness (QED) is 0.415. The summed E-state index contributed by atoms with van der Waals surface area (Å²) in [6.07, 6.45) is 0. The predicted molar refractivity (Wildman–Crippen MR) is 121 cm³/mol. The number of hydrogen-bond acceptors (Lipinski definition) is 5. The third-order valence-electron chi connectivity index (χ3n) is 4.79. The molecule has 0 aliphatic heterocycles. The number of carbonyl (C=O) groups is 1. The molecule has 4 rings (SSSR count). The second-order valence-corrected chi connectivity index (χ2v) is 7.58. The number of fused-ring (bicyclic) bond motifs is 1. The molecule has 0 unspecified atom stereocenters. The second-order valence-electron chi connectivity index (χ2n) is 6.60. The molecule has 1 amide bonds. The zero-order valence-corrected chi connectivity index (χ0v) is 18.3. The number of hydrogen-bond donors (Lipinski definition) is 0. The maximum absolute atomic E-state index is 13.2. The van der Waals surface area contributed by atoms with E-state index in [1.807, 2.05) is 60.0 Å². The van der Waals surface area contributed by atoms with Gasteiger partial charge in [0, 0.05) is 6.54 Å². The molecule has 0 saturated heterocycles. The van der Waals surface area contributed by atoms with Crippen LogP contribution in [-0.4, -0.2) is 24.7 Å². The van der Waals surface area contributed by atoms with Crippen molar-refractivity contribution in [2.75, 3.05) is 14.2 Å². The van der Waals surface area contributed by atoms with Gasteiger partial charge in [-0.3, -0.25) is 4.79 Å². The van der Waals surface area contributed by atoms with Crippen LogP contribution in [0, 0.1) is 0 Å². The summed E-state index contributed by atoms with van der Waals surface area (Å²) in [5.74, 6) is 2.16. The van der Waals surface area contributed by atoms with Crippen molar-refractivity contribution in [3.63, 3.8) is 0 Å². The normalized spacial score (nSPS) is 11.5. The van der Waals surface area contributed by atoms with E-state index in [2.05, 4.69) is 4.99 Å².